The van der Waals surface area contributed by atoms with E-state index in [0.717, 1.165) is 12.8 Å². The molecule has 1 saturated heterocycles. The monoisotopic (exact) mass is 385 g/mol. The minimum Gasteiger partial charge on any atom is -0.483 e. The van der Waals surface area contributed by atoms with Crippen LogP contribution >= 0.6 is 0 Å². The van der Waals surface area contributed by atoms with Gasteiger partial charge in [-0.2, -0.15) is 0 Å². The molecule has 1 aliphatic rings. The third kappa shape index (κ3) is 4.86. The molecule has 3 rings (SSSR count). The maximum Gasteiger partial charge on any atom is 0.262 e. The predicted octanol–water partition coefficient (Wildman–Crippen LogP) is 2.67. The van der Waals surface area contributed by atoms with Gasteiger partial charge in [0, 0.05) is 19.1 Å². The van der Waals surface area contributed by atoms with E-state index < -0.39 is 11.7 Å². The lowest BCUT2D eigenvalue weighted by molar-refractivity contribution is -0.118. The summed E-state index contributed by atoms with van der Waals surface area (Å²) in [5.74, 6) is -0.787. The Hall–Kier alpha value is -2.93. The van der Waals surface area contributed by atoms with Gasteiger partial charge in [-0.3, -0.25) is 9.59 Å². The average Bonchev–Trinajstić information content (AvgIpc) is 2.73. The summed E-state index contributed by atoms with van der Waals surface area (Å²) >= 11 is 0. The third-order valence-electron chi connectivity index (χ3n) is 4.81. The first-order chi connectivity index (χ1) is 13.6. The van der Waals surface area contributed by atoms with Crippen LogP contribution in [0.4, 0.5) is 10.1 Å². The van der Waals surface area contributed by atoms with Crippen LogP contribution in [0.5, 0.6) is 5.75 Å². The van der Waals surface area contributed by atoms with Gasteiger partial charge in [-0.05, 0) is 44.2 Å². The van der Waals surface area contributed by atoms with Crippen molar-refractivity contribution in [2.45, 2.75) is 18.9 Å². The van der Waals surface area contributed by atoms with Crippen LogP contribution in [0, 0.1) is 5.82 Å². The Bertz CT molecular complexity index is 835. The van der Waals surface area contributed by atoms with Crippen molar-refractivity contribution in [1.82, 2.24) is 10.2 Å². The van der Waals surface area contributed by atoms with Crippen molar-refractivity contribution in [3.05, 3.63) is 59.9 Å². The molecule has 0 radical (unpaired) electrons. The summed E-state index contributed by atoms with van der Waals surface area (Å²) in [7, 11) is 1.93. The highest BCUT2D eigenvalue weighted by atomic mass is 19.1. The van der Waals surface area contributed by atoms with Crippen LogP contribution < -0.4 is 15.4 Å². The normalized spacial score (nSPS) is 14.6. The molecule has 28 heavy (non-hydrogen) atoms. The van der Waals surface area contributed by atoms with Gasteiger partial charge >= 0.3 is 0 Å². The molecule has 6 nitrogen and oxygen atoms in total. The molecule has 0 atom stereocenters. The molecule has 1 aliphatic heterocycles. The fourth-order valence-electron chi connectivity index (χ4n) is 3.20. The van der Waals surface area contributed by atoms with Crippen LogP contribution in [-0.2, 0) is 4.79 Å². The quantitative estimate of drug-likeness (QED) is 0.802. The Morgan fingerprint density at radius 3 is 2.50 bits per heavy atom. The Morgan fingerprint density at radius 2 is 1.79 bits per heavy atom. The number of rotatable bonds is 6. The molecule has 2 aromatic carbocycles. The van der Waals surface area contributed by atoms with E-state index in [2.05, 4.69) is 10.6 Å². The third-order valence-corrected chi connectivity index (χ3v) is 4.81. The van der Waals surface area contributed by atoms with Gasteiger partial charge in [-0.1, -0.05) is 24.3 Å². The van der Waals surface area contributed by atoms with Crippen LogP contribution in [0.3, 0.4) is 0 Å². The smallest absolute Gasteiger partial charge is 0.262 e. The summed E-state index contributed by atoms with van der Waals surface area (Å²) in [6.45, 7) is 1.03. The van der Waals surface area contributed by atoms with Crippen molar-refractivity contribution < 1.29 is 18.7 Å². The predicted molar refractivity (Wildman–Crippen MR) is 105 cm³/mol. The number of carbonyl (C=O) groups is 2. The zero-order valence-corrected chi connectivity index (χ0v) is 15.8. The number of likely N-dealkylation sites (tertiary alicyclic amines) is 1. The molecule has 0 spiro atoms. The van der Waals surface area contributed by atoms with Crippen molar-refractivity contribution in [3.63, 3.8) is 0 Å². The van der Waals surface area contributed by atoms with Crippen LogP contribution in [0.1, 0.15) is 23.2 Å². The zero-order valence-electron chi connectivity index (χ0n) is 15.8. The SMILES string of the molecule is CNC1CCN(C(=O)c2ccccc2OCC(=O)Nc2ccccc2F)CC1. The number of nitrogens with zero attached hydrogens (tertiary/aromatic N) is 1. The number of hydrogen-bond acceptors (Lipinski definition) is 4. The van der Waals surface area contributed by atoms with Gasteiger partial charge in [0.15, 0.2) is 6.61 Å². The molecule has 0 aliphatic carbocycles. The van der Waals surface area contributed by atoms with Crippen molar-refractivity contribution in [3.8, 4) is 5.75 Å². The molecule has 0 saturated carbocycles. The lowest BCUT2D eigenvalue weighted by atomic mass is 10.0. The van der Waals surface area contributed by atoms with E-state index in [-0.39, 0.29) is 18.2 Å². The molecule has 1 heterocycles. The number of para-hydroxylation sites is 2. The summed E-state index contributed by atoms with van der Waals surface area (Å²) in [4.78, 5) is 26.8. The van der Waals surface area contributed by atoms with Crippen molar-refractivity contribution >= 4 is 17.5 Å². The van der Waals surface area contributed by atoms with Crippen LogP contribution in [0.25, 0.3) is 0 Å². The number of halogens is 1. The van der Waals surface area contributed by atoms with Gasteiger partial charge in [0.05, 0.1) is 11.3 Å². The average molecular weight is 385 g/mol. The highest BCUT2D eigenvalue weighted by Crippen LogP contribution is 2.22. The van der Waals surface area contributed by atoms with Gasteiger partial charge in [0.1, 0.15) is 11.6 Å². The van der Waals surface area contributed by atoms with E-state index in [1.807, 2.05) is 7.05 Å². The second-order valence-corrected chi connectivity index (χ2v) is 6.67. The summed E-state index contributed by atoms with van der Waals surface area (Å²) in [6.07, 6.45) is 1.80. The second kappa shape index (κ2) is 9.32. The summed E-state index contributed by atoms with van der Waals surface area (Å²) in [5.41, 5.74) is 0.511. The fraction of sp³-hybridized carbons (Fsp3) is 0.333. The Kier molecular flexibility index (Phi) is 6.60. The van der Waals surface area contributed by atoms with Gasteiger partial charge in [0.2, 0.25) is 0 Å². The van der Waals surface area contributed by atoms with E-state index >= 15 is 0 Å². The first-order valence-electron chi connectivity index (χ1n) is 9.31. The first kappa shape index (κ1) is 19.8. The van der Waals surface area contributed by atoms with Crippen molar-refractivity contribution in [2.75, 3.05) is 32.1 Å². The molecule has 1 fully saturated rings. The molecule has 2 N–H and O–H groups in total. The maximum absolute atomic E-state index is 13.6. The van der Waals surface area contributed by atoms with Gasteiger partial charge in [-0.25, -0.2) is 4.39 Å². The highest BCUT2D eigenvalue weighted by molar-refractivity contribution is 5.97. The van der Waals surface area contributed by atoms with E-state index in [1.54, 1.807) is 41.3 Å². The summed E-state index contributed by atoms with van der Waals surface area (Å²) < 4.78 is 19.2. The van der Waals surface area contributed by atoms with Crippen LogP contribution in [0.15, 0.2) is 48.5 Å². The number of ether oxygens (including phenoxy) is 1. The number of amides is 2. The summed E-state index contributed by atoms with van der Waals surface area (Å²) in [5, 5.41) is 5.70. The molecule has 7 heteroatoms. The molecule has 0 aromatic heterocycles. The molecule has 0 unspecified atom stereocenters. The van der Waals surface area contributed by atoms with Gasteiger partial charge < -0.3 is 20.3 Å². The van der Waals surface area contributed by atoms with Crippen molar-refractivity contribution in [2.24, 2.45) is 0 Å². The number of piperidine rings is 1. The van der Waals surface area contributed by atoms with E-state index in [0.29, 0.717) is 30.4 Å². The standard InChI is InChI=1S/C21H24FN3O3/c1-23-15-10-12-25(13-11-15)21(27)16-6-2-5-9-19(16)28-14-20(26)24-18-8-4-3-7-17(18)22/h2-9,15,23H,10-14H2,1H3,(H,24,26). The Labute approximate surface area is 163 Å². The summed E-state index contributed by atoms with van der Waals surface area (Å²) in [6, 6.07) is 13.2. The van der Waals surface area contributed by atoms with Crippen LogP contribution in [0.2, 0.25) is 0 Å². The van der Waals surface area contributed by atoms with Crippen molar-refractivity contribution in [1.29, 1.82) is 0 Å². The molecular weight excluding hydrogens is 361 g/mol. The molecule has 148 valence electrons. The fourth-order valence-corrected chi connectivity index (χ4v) is 3.20. The molecular formula is C21H24FN3O3. The number of hydrogen-bond donors (Lipinski definition) is 2. The lowest BCUT2D eigenvalue weighted by Crippen LogP contribution is -2.44. The maximum atomic E-state index is 13.6. The minimum atomic E-state index is -0.517. The number of benzene rings is 2. The highest BCUT2D eigenvalue weighted by Gasteiger charge is 2.24. The molecule has 2 amide bonds. The Balaban J connectivity index is 1.61. The lowest BCUT2D eigenvalue weighted by Gasteiger charge is -2.32. The van der Waals surface area contributed by atoms with E-state index in [9.17, 15) is 14.0 Å². The largest absolute Gasteiger partial charge is 0.483 e. The number of anilines is 1. The topological polar surface area (TPSA) is 70.7 Å². The van der Waals surface area contributed by atoms with E-state index in [4.69, 9.17) is 4.74 Å². The molecule has 2 aromatic rings. The van der Waals surface area contributed by atoms with Crippen LogP contribution in [-0.4, -0.2) is 49.5 Å². The zero-order chi connectivity index (χ0) is 19.9. The van der Waals surface area contributed by atoms with Gasteiger partial charge in [0.25, 0.3) is 11.8 Å². The number of nitrogens with one attached hydrogen (secondary N) is 2. The van der Waals surface area contributed by atoms with E-state index in [1.165, 1.54) is 12.1 Å². The Morgan fingerprint density at radius 1 is 1.11 bits per heavy atom. The van der Waals surface area contributed by atoms with Gasteiger partial charge in [-0.15, -0.1) is 0 Å². The minimum absolute atomic E-state index is 0.0906. The number of carbonyl (C=O) groups excluding carboxylic acids is 2. The first-order valence-corrected chi connectivity index (χ1v) is 9.31. The second-order valence-electron chi connectivity index (χ2n) is 6.67. The molecule has 0 bridgehead atoms.